The quantitative estimate of drug-likeness (QED) is 0.489. The van der Waals surface area contributed by atoms with E-state index in [0.29, 0.717) is 5.71 Å². The van der Waals surface area contributed by atoms with Gasteiger partial charge in [0.1, 0.15) is 12.6 Å². The van der Waals surface area contributed by atoms with Gasteiger partial charge >= 0.3 is 0 Å². The highest BCUT2D eigenvalue weighted by atomic mass is 16.3. The molecular formula is C12H23N2O2+. The summed E-state index contributed by atoms with van der Waals surface area (Å²) in [6.45, 7) is 5.77. The highest BCUT2D eigenvalue weighted by Crippen LogP contribution is 2.09. The van der Waals surface area contributed by atoms with E-state index in [9.17, 15) is 9.90 Å². The zero-order valence-electron chi connectivity index (χ0n) is 10.3. The summed E-state index contributed by atoms with van der Waals surface area (Å²) in [5, 5.41) is 12.8. The average molecular weight is 227 g/mol. The largest absolute Gasteiger partial charge is 0.380 e. The Morgan fingerprint density at radius 2 is 2.00 bits per heavy atom. The number of carbonyl (C=O) groups is 1. The zero-order valence-corrected chi connectivity index (χ0v) is 10.3. The molecule has 92 valence electrons. The molecular weight excluding hydrogens is 204 g/mol. The van der Waals surface area contributed by atoms with Gasteiger partial charge in [-0.15, -0.1) is 0 Å². The van der Waals surface area contributed by atoms with Crippen LogP contribution in [-0.4, -0.2) is 41.8 Å². The van der Waals surface area contributed by atoms with Crippen LogP contribution >= 0.6 is 0 Å². The number of carbonyl (C=O) groups excluding carboxylic acids is 1. The summed E-state index contributed by atoms with van der Waals surface area (Å²) >= 11 is 0. The van der Waals surface area contributed by atoms with Crippen molar-refractivity contribution >= 4 is 11.5 Å². The van der Waals surface area contributed by atoms with E-state index in [1.807, 2.05) is 0 Å². The minimum atomic E-state index is -0.638. The predicted molar refractivity (Wildman–Crippen MR) is 63.5 cm³/mol. The van der Waals surface area contributed by atoms with E-state index in [1.165, 1.54) is 0 Å². The van der Waals surface area contributed by atoms with Crippen molar-refractivity contribution in [3.8, 4) is 0 Å². The van der Waals surface area contributed by atoms with Crippen molar-refractivity contribution in [2.24, 2.45) is 0 Å². The van der Waals surface area contributed by atoms with Crippen LogP contribution in [0, 0.1) is 0 Å². The fourth-order valence-electron chi connectivity index (χ4n) is 1.76. The van der Waals surface area contributed by atoms with E-state index < -0.39 is 6.10 Å². The monoisotopic (exact) mass is 227 g/mol. The molecule has 0 radical (unpaired) electrons. The van der Waals surface area contributed by atoms with Gasteiger partial charge < -0.3 is 10.4 Å². The normalized spacial score (nSPS) is 27.2. The van der Waals surface area contributed by atoms with Crippen LogP contribution in [0.2, 0.25) is 0 Å². The number of aliphatic hydroxyl groups is 1. The van der Waals surface area contributed by atoms with Gasteiger partial charge in [0.15, 0.2) is 6.10 Å². The smallest absolute Gasteiger partial charge is 0.250 e. The highest BCUT2D eigenvalue weighted by molar-refractivity contribution is 6.48. The molecule has 3 N–H and O–H groups in total. The Morgan fingerprint density at radius 1 is 1.31 bits per heavy atom. The van der Waals surface area contributed by atoms with Crippen molar-refractivity contribution in [1.29, 1.82) is 0 Å². The molecule has 0 aromatic carbocycles. The molecule has 16 heavy (non-hydrogen) atoms. The van der Waals surface area contributed by atoms with Gasteiger partial charge in [-0.05, 0) is 13.0 Å². The van der Waals surface area contributed by atoms with Gasteiger partial charge in [0.2, 0.25) is 5.78 Å². The summed E-state index contributed by atoms with van der Waals surface area (Å²) in [7, 11) is 0. The van der Waals surface area contributed by atoms with Crippen molar-refractivity contribution in [1.82, 2.24) is 5.32 Å². The van der Waals surface area contributed by atoms with Crippen LogP contribution in [0.15, 0.2) is 0 Å². The van der Waals surface area contributed by atoms with E-state index in [4.69, 9.17) is 0 Å². The Kier molecular flexibility index (Phi) is 5.63. The van der Waals surface area contributed by atoms with Crippen molar-refractivity contribution in [2.75, 3.05) is 13.1 Å². The van der Waals surface area contributed by atoms with Crippen LogP contribution < -0.4 is 10.3 Å². The molecule has 4 heteroatoms. The van der Waals surface area contributed by atoms with E-state index >= 15 is 0 Å². The molecule has 1 rings (SSSR count). The summed E-state index contributed by atoms with van der Waals surface area (Å²) in [6, 6.07) is -0.379. The molecule has 1 aliphatic carbocycles. The molecule has 1 saturated carbocycles. The molecule has 0 aliphatic heterocycles. The Bertz CT molecular complexity index is 264. The Morgan fingerprint density at radius 3 is 2.56 bits per heavy atom. The SMILES string of the molecule is CCCCNC1C(=O)C(=[NH+]CCCC)C1O. The molecule has 4 nitrogen and oxygen atoms in total. The molecule has 2 unspecified atom stereocenters. The van der Waals surface area contributed by atoms with Crippen LogP contribution in [-0.2, 0) is 4.79 Å². The topological polar surface area (TPSA) is 63.3 Å². The van der Waals surface area contributed by atoms with Crippen molar-refractivity contribution in [2.45, 2.75) is 51.7 Å². The summed E-state index contributed by atoms with van der Waals surface area (Å²) in [5.41, 5.74) is 0.488. The molecule has 2 atom stereocenters. The summed E-state index contributed by atoms with van der Waals surface area (Å²) in [5.74, 6) is 0.0275. The first-order valence-electron chi connectivity index (χ1n) is 6.28. The second kappa shape index (κ2) is 6.76. The van der Waals surface area contributed by atoms with Crippen LogP contribution in [0.1, 0.15) is 39.5 Å². The maximum absolute atomic E-state index is 11.6. The molecule has 0 bridgehead atoms. The summed E-state index contributed by atoms with van der Waals surface area (Å²) < 4.78 is 0. The molecule has 0 aromatic rings. The number of unbranched alkanes of at least 4 members (excludes halogenated alkanes) is 2. The highest BCUT2D eigenvalue weighted by Gasteiger charge is 2.50. The minimum Gasteiger partial charge on any atom is -0.380 e. The number of hydrogen-bond acceptors (Lipinski definition) is 3. The molecule has 1 aliphatic rings. The van der Waals surface area contributed by atoms with E-state index in [-0.39, 0.29) is 11.8 Å². The first-order valence-corrected chi connectivity index (χ1v) is 6.28. The lowest BCUT2D eigenvalue weighted by molar-refractivity contribution is -0.461. The number of nitrogens with one attached hydrogen (secondary N) is 2. The Labute approximate surface area is 97.1 Å². The van der Waals surface area contributed by atoms with Crippen molar-refractivity contribution < 1.29 is 14.9 Å². The lowest BCUT2D eigenvalue weighted by Gasteiger charge is -2.29. The van der Waals surface area contributed by atoms with Crippen LogP contribution in [0.4, 0.5) is 0 Å². The van der Waals surface area contributed by atoms with Crippen LogP contribution in [0.5, 0.6) is 0 Å². The van der Waals surface area contributed by atoms with Crippen molar-refractivity contribution in [3.63, 3.8) is 0 Å². The molecule has 0 amide bonds. The predicted octanol–water partition coefficient (Wildman–Crippen LogP) is -0.990. The third kappa shape index (κ3) is 3.12. The van der Waals surface area contributed by atoms with Crippen LogP contribution in [0.25, 0.3) is 0 Å². The van der Waals surface area contributed by atoms with E-state index in [2.05, 4.69) is 24.2 Å². The number of hydrogen-bond donors (Lipinski definition) is 3. The standard InChI is InChI=1S/C12H22N2O2/c1-3-5-7-13-9-11(15)10(12(9)16)14-8-6-4-2/h9,11,13,15H,3-8H2,1-2H3/p+1. The molecule has 0 spiro atoms. The molecule has 0 saturated heterocycles. The van der Waals surface area contributed by atoms with Gasteiger partial charge in [0.05, 0.1) is 0 Å². The average Bonchev–Trinajstić information content (AvgIpc) is 2.30. The fourth-order valence-corrected chi connectivity index (χ4v) is 1.76. The summed E-state index contributed by atoms with van der Waals surface area (Å²) in [6.07, 6.45) is 3.60. The molecule has 0 aromatic heterocycles. The third-order valence-corrected chi connectivity index (χ3v) is 2.90. The van der Waals surface area contributed by atoms with Crippen LogP contribution in [0.3, 0.4) is 0 Å². The van der Waals surface area contributed by atoms with Gasteiger partial charge in [-0.25, -0.2) is 4.99 Å². The number of rotatable bonds is 7. The van der Waals surface area contributed by atoms with Gasteiger partial charge in [0.25, 0.3) is 5.71 Å². The Hall–Kier alpha value is -0.740. The first-order chi connectivity index (χ1) is 7.72. The molecule has 0 heterocycles. The molecule has 1 fully saturated rings. The maximum Gasteiger partial charge on any atom is 0.250 e. The number of aliphatic hydroxyl groups excluding tert-OH is 1. The van der Waals surface area contributed by atoms with Gasteiger partial charge in [-0.2, -0.15) is 0 Å². The number of ketones is 1. The first kappa shape index (κ1) is 13.3. The van der Waals surface area contributed by atoms with Gasteiger partial charge in [-0.3, -0.25) is 4.79 Å². The maximum atomic E-state index is 11.6. The second-order valence-corrected chi connectivity index (χ2v) is 4.29. The number of Topliss-reactive ketones (excluding diaryl/α,β-unsaturated/α-hetero) is 1. The third-order valence-electron chi connectivity index (χ3n) is 2.90. The van der Waals surface area contributed by atoms with E-state index in [1.54, 1.807) is 0 Å². The minimum absolute atomic E-state index is 0.0275. The summed E-state index contributed by atoms with van der Waals surface area (Å²) in [4.78, 5) is 14.7. The lowest BCUT2D eigenvalue weighted by Crippen LogP contribution is -2.85. The lowest BCUT2D eigenvalue weighted by atomic mass is 9.84. The second-order valence-electron chi connectivity index (χ2n) is 4.29. The zero-order chi connectivity index (χ0) is 12.0. The van der Waals surface area contributed by atoms with Gasteiger partial charge in [-0.1, -0.05) is 26.7 Å². The van der Waals surface area contributed by atoms with E-state index in [0.717, 1.165) is 38.8 Å². The fraction of sp³-hybridized carbons (Fsp3) is 0.833. The van der Waals surface area contributed by atoms with Crippen molar-refractivity contribution in [3.05, 3.63) is 0 Å². The van der Waals surface area contributed by atoms with Gasteiger partial charge in [0, 0.05) is 6.42 Å². The Balaban J connectivity index is 2.33.